The topological polar surface area (TPSA) is 193 Å². The zero-order valence-corrected chi connectivity index (χ0v) is 37.7. The molecule has 2 unspecified atom stereocenters. The molecule has 0 bridgehead atoms. The standard InChI is InChI=1S/C49H39F8N9O6/c1-66(26-39(67)68,18-2-16-62-24-37-40(44(62)69)42(29-8-4-27(22-58)5-9-29)60-46(71)64(37)31-12-14-35(50)33(20-31)48(52,53)54)19-3-17-63-25-38-41(45(63)70)43(30-10-6-28(23-59)7-11-30)61-47(72)65(38)32-13-15-36(51)34(21-32)49(55,56)57/h4-15,20-21,42-43H,2-3,16-19,24-26H2,1H3,(H2-,60,61,67,68,71,72). The number of carbonyl (C=O) groups is 5. The summed E-state index contributed by atoms with van der Waals surface area (Å²) < 4.78 is 112. The van der Waals surface area contributed by atoms with Gasteiger partial charge in [0.2, 0.25) is 0 Å². The number of anilines is 2. The number of nitriles is 2. The lowest BCUT2D eigenvalue weighted by molar-refractivity contribution is -0.904. The van der Waals surface area contributed by atoms with Crippen LogP contribution in [0.5, 0.6) is 0 Å². The summed E-state index contributed by atoms with van der Waals surface area (Å²) >= 11 is 0. The zero-order chi connectivity index (χ0) is 52.0. The zero-order valence-electron chi connectivity index (χ0n) is 37.7. The van der Waals surface area contributed by atoms with Crippen molar-refractivity contribution in [2.75, 3.05) is 62.7 Å². The molecule has 0 aliphatic carbocycles. The second-order valence-corrected chi connectivity index (χ2v) is 17.7. The van der Waals surface area contributed by atoms with E-state index in [-0.39, 0.29) is 102 Å². The van der Waals surface area contributed by atoms with E-state index in [1.54, 1.807) is 7.05 Å². The van der Waals surface area contributed by atoms with Gasteiger partial charge in [-0.2, -0.15) is 36.9 Å². The number of carbonyl (C=O) groups excluding carboxylic acids is 5. The molecule has 72 heavy (non-hydrogen) atoms. The summed E-state index contributed by atoms with van der Waals surface area (Å²) in [7, 11) is 1.59. The van der Waals surface area contributed by atoms with E-state index < -0.39 is 83.6 Å². The van der Waals surface area contributed by atoms with Gasteiger partial charge in [-0.3, -0.25) is 19.4 Å². The van der Waals surface area contributed by atoms with Crippen molar-refractivity contribution in [3.05, 3.63) is 152 Å². The Bertz CT molecular complexity index is 2860. The number of amides is 6. The van der Waals surface area contributed by atoms with Gasteiger partial charge in [-0.1, -0.05) is 24.3 Å². The van der Waals surface area contributed by atoms with Gasteiger partial charge in [0.1, 0.15) is 18.2 Å². The molecule has 4 aliphatic rings. The van der Waals surface area contributed by atoms with Crippen LogP contribution in [0.25, 0.3) is 0 Å². The summed E-state index contributed by atoms with van der Waals surface area (Å²) in [6, 6.07) is 15.6. The first kappa shape index (κ1) is 50.1. The molecule has 15 nitrogen and oxygen atoms in total. The van der Waals surface area contributed by atoms with Gasteiger partial charge in [-0.05, 0) is 71.8 Å². The van der Waals surface area contributed by atoms with Crippen LogP contribution in [0.2, 0.25) is 0 Å². The number of carboxylic acid groups (broad SMARTS) is 1. The third-order valence-corrected chi connectivity index (χ3v) is 12.9. The number of rotatable bonds is 14. The Labute approximate surface area is 404 Å². The average molecular weight is 1000 g/mol. The van der Waals surface area contributed by atoms with Gasteiger partial charge >= 0.3 is 24.4 Å². The van der Waals surface area contributed by atoms with E-state index >= 15 is 0 Å². The molecule has 0 radical (unpaired) electrons. The summed E-state index contributed by atoms with van der Waals surface area (Å²) in [5.41, 5.74) is -2.76. The summed E-state index contributed by atoms with van der Waals surface area (Å²) in [6.07, 6.45) is -10.0. The Hall–Kier alpha value is -8.31. The fourth-order valence-electron chi connectivity index (χ4n) is 9.51. The largest absolute Gasteiger partial charge is 0.544 e. The molecule has 4 aliphatic heterocycles. The van der Waals surface area contributed by atoms with Gasteiger partial charge < -0.3 is 34.8 Å². The minimum Gasteiger partial charge on any atom is -0.544 e. The number of quaternary nitrogens is 1. The Morgan fingerprint density at radius 1 is 0.653 bits per heavy atom. The Morgan fingerprint density at radius 3 is 1.36 bits per heavy atom. The Morgan fingerprint density at radius 2 is 1.03 bits per heavy atom. The van der Waals surface area contributed by atoms with Gasteiger partial charge in [0.15, 0.2) is 0 Å². The molecule has 372 valence electrons. The highest BCUT2D eigenvalue weighted by Crippen LogP contribution is 2.43. The van der Waals surface area contributed by atoms with Crippen molar-refractivity contribution in [3.63, 3.8) is 0 Å². The van der Waals surface area contributed by atoms with E-state index in [2.05, 4.69) is 10.6 Å². The third-order valence-electron chi connectivity index (χ3n) is 12.9. The van der Waals surface area contributed by atoms with Gasteiger partial charge in [0.25, 0.3) is 11.8 Å². The molecular weight excluding hydrogens is 963 g/mol. The predicted molar refractivity (Wildman–Crippen MR) is 235 cm³/mol. The van der Waals surface area contributed by atoms with Crippen LogP contribution in [0.1, 0.15) is 58.3 Å². The third kappa shape index (κ3) is 9.75. The molecule has 2 atom stereocenters. The summed E-state index contributed by atoms with van der Waals surface area (Å²) in [6.45, 7) is -1.07. The van der Waals surface area contributed by atoms with E-state index in [4.69, 9.17) is 0 Å². The number of nitrogens with one attached hydrogen (secondary N) is 2. The number of urea groups is 2. The lowest BCUT2D eigenvalue weighted by atomic mass is 9.94. The van der Waals surface area contributed by atoms with Crippen LogP contribution in [0, 0.1) is 34.3 Å². The summed E-state index contributed by atoms with van der Waals surface area (Å²) in [5.74, 6) is -5.83. The average Bonchev–Trinajstić information content (AvgIpc) is 3.82. The van der Waals surface area contributed by atoms with Crippen molar-refractivity contribution in [1.82, 2.24) is 20.4 Å². The van der Waals surface area contributed by atoms with E-state index in [0.29, 0.717) is 35.4 Å². The van der Waals surface area contributed by atoms with E-state index in [9.17, 15) is 74.7 Å². The maximum absolute atomic E-state index is 14.4. The summed E-state index contributed by atoms with van der Waals surface area (Å²) in [4.78, 5) is 72.6. The van der Waals surface area contributed by atoms with Crippen molar-refractivity contribution >= 4 is 41.2 Å². The van der Waals surface area contributed by atoms with Gasteiger partial charge in [0.05, 0.1) is 120 Å². The molecule has 0 saturated heterocycles. The minimum atomic E-state index is -5.13. The van der Waals surface area contributed by atoms with Gasteiger partial charge in [-0.15, -0.1) is 0 Å². The van der Waals surface area contributed by atoms with Gasteiger partial charge in [0, 0.05) is 25.9 Å². The highest BCUT2D eigenvalue weighted by molar-refractivity contribution is 6.08. The number of nitrogens with zero attached hydrogens (tertiary/aromatic N) is 7. The van der Waals surface area contributed by atoms with Crippen LogP contribution < -0.4 is 25.5 Å². The first-order valence-electron chi connectivity index (χ1n) is 22.0. The quantitative estimate of drug-likeness (QED) is 0.111. The minimum absolute atomic E-state index is 0.00660. The van der Waals surface area contributed by atoms with Crippen molar-refractivity contribution < 1.29 is 68.7 Å². The number of hydrogen-bond donors (Lipinski definition) is 2. The monoisotopic (exact) mass is 1000 g/mol. The second kappa shape index (κ2) is 19.1. The molecule has 23 heteroatoms. The SMILES string of the molecule is C[N+](CCCN1CC2=C(C1=O)C(c1ccc(C#N)cc1)NC(=O)N2c1ccc(F)c(C(F)(F)F)c1)(CCCN1CC2=C(C1=O)C(c1ccc(C#N)cc1)NC(=O)N2c1ccc(F)c(C(F)(F)F)c1)CC(=O)[O-]. The molecule has 6 amide bonds. The second-order valence-electron chi connectivity index (χ2n) is 17.7. The summed E-state index contributed by atoms with van der Waals surface area (Å²) in [5, 5.41) is 36.1. The number of halogens is 8. The van der Waals surface area contributed by atoms with Crippen LogP contribution in [0.15, 0.2) is 107 Å². The smallest absolute Gasteiger partial charge is 0.419 e. The molecule has 8 rings (SSSR count). The lowest BCUT2D eigenvalue weighted by Gasteiger charge is -2.36. The van der Waals surface area contributed by atoms with Crippen molar-refractivity contribution in [2.24, 2.45) is 0 Å². The Balaban J connectivity index is 0.999. The molecule has 0 spiro atoms. The van der Waals surface area contributed by atoms with Crippen molar-refractivity contribution in [3.8, 4) is 12.1 Å². The number of aliphatic carboxylic acids is 1. The highest BCUT2D eigenvalue weighted by Gasteiger charge is 2.47. The van der Waals surface area contributed by atoms with Crippen LogP contribution in [-0.2, 0) is 26.7 Å². The van der Waals surface area contributed by atoms with Gasteiger partial charge in [-0.25, -0.2) is 18.4 Å². The number of likely N-dealkylation sites (N-methyl/N-ethyl adjacent to an activating group) is 1. The van der Waals surface area contributed by atoms with E-state index in [0.717, 1.165) is 21.9 Å². The maximum atomic E-state index is 14.4. The molecule has 4 aromatic rings. The number of alkyl halides is 6. The highest BCUT2D eigenvalue weighted by atomic mass is 19.4. The van der Waals surface area contributed by atoms with Crippen molar-refractivity contribution in [2.45, 2.75) is 37.3 Å². The molecule has 4 heterocycles. The molecule has 4 aromatic carbocycles. The first-order valence-corrected chi connectivity index (χ1v) is 22.0. The predicted octanol–water partition coefficient (Wildman–Crippen LogP) is 6.16. The van der Waals surface area contributed by atoms with Crippen LogP contribution >= 0.6 is 0 Å². The number of benzene rings is 4. The molecule has 0 fully saturated rings. The maximum Gasteiger partial charge on any atom is 0.419 e. The number of carboxylic acids is 1. The Kier molecular flexibility index (Phi) is 13.3. The fourth-order valence-corrected chi connectivity index (χ4v) is 9.51. The molecular formula is C49H39F8N9O6. The normalized spacial score (nSPS) is 18.9. The van der Waals surface area contributed by atoms with Crippen molar-refractivity contribution in [1.29, 1.82) is 10.5 Å². The fraction of sp³-hybridized carbons (Fsp3) is 0.286. The van der Waals surface area contributed by atoms with Crippen LogP contribution in [-0.4, -0.2) is 97.0 Å². The van der Waals surface area contributed by atoms with Crippen LogP contribution in [0.4, 0.5) is 56.1 Å². The number of hydrogen-bond acceptors (Lipinski definition) is 8. The van der Waals surface area contributed by atoms with E-state index in [1.807, 2.05) is 12.1 Å². The molecule has 2 N–H and O–H groups in total. The lowest BCUT2D eigenvalue weighted by Crippen LogP contribution is -2.53. The van der Waals surface area contributed by atoms with E-state index in [1.165, 1.54) is 58.3 Å². The molecule has 0 saturated carbocycles. The van der Waals surface area contributed by atoms with Crippen LogP contribution in [0.3, 0.4) is 0 Å². The molecule has 0 aromatic heterocycles. The first-order chi connectivity index (χ1) is 34.0.